The molecule has 1 aromatic heterocycles. The van der Waals surface area contributed by atoms with Crippen molar-refractivity contribution in [2.75, 3.05) is 6.54 Å². The topological polar surface area (TPSA) is 58.8 Å². The molecule has 1 N–H and O–H groups in total. The number of fused-ring (bicyclic) bond motifs is 1. The lowest BCUT2D eigenvalue weighted by atomic mass is 10.3. The van der Waals surface area contributed by atoms with E-state index in [2.05, 4.69) is 22.0 Å². The zero-order chi connectivity index (χ0) is 11.7. The van der Waals surface area contributed by atoms with Crippen LogP contribution in [0, 0.1) is 6.92 Å². The van der Waals surface area contributed by atoms with Gasteiger partial charge in [0.25, 0.3) is 5.91 Å². The van der Waals surface area contributed by atoms with E-state index in [1.165, 1.54) is 0 Å². The van der Waals surface area contributed by atoms with Gasteiger partial charge in [-0.05, 0) is 36.9 Å². The van der Waals surface area contributed by atoms with E-state index < -0.39 is 0 Å². The van der Waals surface area contributed by atoms with Crippen LogP contribution in [-0.2, 0) is 6.54 Å². The Morgan fingerprint density at radius 1 is 1.69 bits per heavy atom. The zero-order valence-corrected chi connectivity index (χ0v) is 9.58. The Bertz CT molecular complexity index is 489. The molecule has 16 heavy (non-hydrogen) atoms. The van der Waals surface area contributed by atoms with Crippen LogP contribution in [0.1, 0.15) is 16.1 Å². The minimum Gasteiger partial charge on any atom is -0.349 e. The molecule has 1 aromatic rings. The summed E-state index contributed by atoms with van der Waals surface area (Å²) in [7, 11) is 0. The molecular formula is C10H11ClN4O. The monoisotopic (exact) mass is 238 g/mol. The van der Waals surface area contributed by atoms with Crippen LogP contribution < -0.4 is 5.32 Å². The van der Waals surface area contributed by atoms with Gasteiger partial charge in [-0.3, -0.25) is 4.79 Å². The van der Waals surface area contributed by atoms with Crippen molar-refractivity contribution in [3.8, 4) is 0 Å². The summed E-state index contributed by atoms with van der Waals surface area (Å²) < 4.78 is 1.84. The van der Waals surface area contributed by atoms with Crippen LogP contribution in [0.25, 0.3) is 0 Å². The van der Waals surface area contributed by atoms with E-state index >= 15 is 0 Å². The van der Waals surface area contributed by atoms with E-state index in [0.717, 1.165) is 5.56 Å². The van der Waals surface area contributed by atoms with Crippen LogP contribution in [0.5, 0.6) is 0 Å². The fourth-order valence-corrected chi connectivity index (χ4v) is 1.81. The Labute approximate surface area is 97.8 Å². The maximum absolute atomic E-state index is 11.6. The van der Waals surface area contributed by atoms with Crippen LogP contribution in [0.15, 0.2) is 16.1 Å². The molecule has 0 saturated carbocycles. The first-order valence-corrected chi connectivity index (χ1v) is 5.20. The molecule has 0 radical (unpaired) electrons. The van der Waals surface area contributed by atoms with E-state index in [0.29, 0.717) is 24.6 Å². The van der Waals surface area contributed by atoms with Gasteiger partial charge in [0, 0.05) is 13.1 Å². The van der Waals surface area contributed by atoms with Crippen molar-refractivity contribution in [2.45, 2.75) is 13.5 Å². The number of aryl methyl sites for hydroxylation is 1. The van der Waals surface area contributed by atoms with Crippen LogP contribution in [-0.4, -0.2) is 29.0 Å². The van der Waals surface area contributed by atoms with E-state index in [1.54, 1.807) is 6.07 Å². The molecule has 6 heteroatoms. The van der Waals surface area contributed by atoms with Crippen molar-refractivity contribution >= 4 is 35.3 Å². The molecule has 2 rings (SSSR count). The molecule has 2 heterocycles. The lowest BCUT2D eigenvalue weighted by molar-refractivity contribution is 0.0928. The van der Waals surface area contributed by atoms with Gasteiger partial charge in [0.15, 0.2) is 0 Å². The molecule has 0 aliphatic carbocycles. The van der Waals surface area contributed by atoms with Gasteiger partial charge in [0.2, 0.25) is 5.29 Å². The first-order chi connectivity index (χ1) is 7.63. The average molecular weight is 239 g/mol. The summed E-state index contributed by atoms with van der Waals surface area (Å²) in [6.45, 7) is 6.46. The number of rotatable bonds is 1. The number of amides is 1. The molecular weight excluding hydrogens is 228 g/mol. The van der Waals surface area contributed by atoms with E-state index in [9.17, 15) is 4.79 Å². The molecule has 1 aliphatic heterocycles. The average Bonchev–Trinajstić information content (AvgIpc) is 2.58. The highest BCUT2D eigenvalue weighted by atomic mass is 35.5. The number of carbonyl (C=O) groups excluding carboxylic acids is 1. The van der Waals surface area contributed by atoms with E-state index in [4.69, 9.17) is 11.6 Å². The third kappa shape index (κ3) is 1.74. The summed E-state index contributed by atoms with van der Waals surface area (Å²) in [6.07, 6.45) is 0. The molecule has 0 bridgehead atoms. The molecule has 5 nitrogen and oxygen atoms in total. The van der Waals surface area contributed by atoms with Crippen LogP contribution in [0.3, 0.4) is 0 Å². The van der Waals surface area contributed by atoms with Gasteiger partial charge in [0.05, 0.1) is 0 Å². The number of aliphatic imine (C=N–C) groups is 2. The normalized spacial score (nSPS) is 15.6. The number of carbonyl (C=O) groups is 1. The van der Waals surface area contributed by atoms with Crippen molar-refractivity contribution in [3.63, 3.8) is 0 Å². The van der Waals surface area contributed by atoms with Crippen LogP contribution in [0.4, 0.5) is 5.82 Å². The van der Waals surface area contributed by atoms with Gasteiger partial charge in [-0.2, -0.15) is 0 Å². The maximum Gasteiger partial charge on any atom is 0.268 e. The summed E-state index contributed by atoms with van der Waals surface area (Å²) in [5.41, 5.74) is 1.50. The van der Waals surface area contributed by atoms with Gasteiger partial charge < -0.3 is 9.88 Å². The molecule has 1 amide bonds. The second-order valence-corrected chi connectivity index (χ2v) is 3.82. The van der Waals surface area contributed by atoms with Gasteiger partial charge in [-0.1, -0.05) is 0 Å². The quantitative estimate of drug-likeness (QED) is 0.450. The fraction of sp³-hybridized carbons (Fsp3) is 0.300. The van der Waals surface area contributed by atoms with E-state index in [-0.39, 0.29) is 11.2 Å². The molecule has 0 fully saturated rings. The van der Waals surface area contributed by atoms with Crippen molar-refractivity contribution < 1.29 is 4.79 Å². The Kier molecular flexibility index (Phi) is 2.78. The van der Waals surface area contributed by atoms with Crippen LogP contribution >= 0.6 is 11.6 Å². The van der Waals surface area contributed by atoms with Crippen molar-refractivity contribution in [3.05, 3.63) is 17.3 Å². The first kappa shape index (κ1) is 10.9. The summed E-state index contributed by atoms with van der Waals surface area (Å²) in [4.78, 5) is 19.2. The molecule has 0 aromatic carbocycles. The number of amidine groups is 1. The third-order valence-electron chi connectivity index (χ3n) is 2.43. The second-order valence-electron chi connectivity index (χ2n) is 3.48. The summed E-state index contributed by atoms with van der Waals surface area (Å²) in [6, 6.07) is 1.79. The van der Waals surface area contributed by atoms with Crippen molar-refractivity contribution in [2.24, 2.45) is 9.98 Å². The Morgan fingerprint density at radius 2 is 2.44 bits per heavy atom. The van der Waals surface area contributed by atoms with Gasteiger partial charge >= 0.3 is 0 Å². The predicted octanol–water partition coefficient (Wildman–Crippen LogP) is 1.47. The zero-order valence-electron chi connectivity index (χ0n) is 8.83. The lowest BCUT2D eigenvalue weighted by Crippen LogP contribution is -2.34. The third-order valence-corrected chi connectivity index (χ3v) is 2.64. The molecule has 0 unspecified atom stereocenters. The van der Waals surface area contributed by atoms with Crippen molar-refractivity contribution in [1.29, 1.82) is 0 Å². The number of hydrogen-bond acceptors (Lipinski definition) is 2. The van der Waals surface area contributed by atoms with Crippen molar-refractivity contribution in [1.82, 2.24) is 9.88 Å². The smallest absolute Gasteiger partial charge is 0.268 e. The number of nitrogens with one attached hydrogen (secondary N) is 1. The number of halogens is 1. The minimum absolute atomic E-state index is 0.0787. The van der Waals surface area contributed by atoms with E-state index in [1.807, 2.05) is 11.5 Å². The first-order valence-electron chi connectivity index (χ1n) is 4.82. The number of nitrogens with zero attached hydrogens (tertiary/aromatic N) is 3. The molecule has 0 atom stereocenters. The largest absolute Gasteiger partial charge is 0.349 e. The lowest BCUT2D eigenvalue weighted by Gasteiger charge is -2.16. The summed E-state index contributed by atoms with van der Waals surface area (Å²) >= 11 is 5.71. The molecule has 0 saturated heterocycles. The number of aromatic nitrogens is 1. The number of hydrogen-bond donors (Lipinski definition) is 1. The Morgan fingerprint density at radius 3 is 3.12 bits per heavy atom. The van der Waals surface area contributed by atoms with Gasteiger partial charge in [0.1, 0.15) is 11.5 Å². The molecule has 84 valence electrons. The minimum atomic E-state index is -0.0847. The van der Waals surface area contributed by atoms with Crippen LogP contribution in [0.2, 0.25) is 0 Å². The highest BCUT2D eigenvalue weighted by Crippen LogP contribution is 2.26. The summed E-state index contributed by atoms with van der Waals surface area (Å²) in [5.74, 6) is 0.584. The summed E-state index contributed by atoms with van der Waals surface area (Å²) in [5, 5.41) is 2.85. The highest BCUT2D eigenvalue weighted by Gasteiger charge is 2.21. The SMILES string of the molecule is C=N/C(Cl)=N\c1c(C)cc2n1CCNC2=O. The molecule has 1 aliphatic rings. The Balaban J connectivity index is 2.54. The maximum atomic E-state index is 11.6. The Hall–Kier alpha value is -1.62. The van der Waals surface area contributed by atoms with Gasteiger partial charge in [-0.25, -0.2) is 9.98 Å². The fourth-order valence-electron chi connectivity index (χ4n) is 1.73. The highest BCUT2D eigenvalue weighted by molar-refractivity contribution is 6.65. The second kappa shape index (κ2) is 4.09. The predicted molar refractivity (Wildman–Crippen MR) is 64.0 cm³/mol. The standard InChI is InChI=1S/C10H11ClN4O/c1-6-5-7-9(16)13-3-4-15(7)8(6)14-10(11)12-2/h5H,2-4H2,1H3,(H,13,16)/b14-10-. The molecule has 0 spiro atoms. The van der Waals surface area contributed by atoms with Gasteiger partial charge in [-0.15, -0.1) is 0 Å².